The largest absolute Gasteiger partial charge is 0.478 e. The summed E-state index contributed by atoms with van der Waals surface area (Å²) < 4.78 is 25.5. The Balaban J connectivity index is 3.51. The predicted molar refractivity (Wildman–Crippen MR) is 61.5 cm³/mol. The lowest BCUT2D eigenvalue weighted by Gasteiger charge is -2.10. The first-order valence-electron chi connectivity index (χ1n) is 3.73. The first-order chi connectivity index (χ1) is 6.99. The Bertz CT molecular complexity index is 400. The highest BCUT2D eigenvalue weighted by atomic mass is 127. The van der Waals surface area contributed by atoms with E-state index in [1.807, 2.05) is 0 Å². The molecule has 1 aromatic rings. The molecule has 82 valence electrons. The fraction of sp³-hybridized carbons (Fsp3) is 0.250. The van der Waals surface area contributed by atoms with Gasteiger partial charge < -0.3 is 5.11 Å². The smallest absolute Gasteiger partial charge is 0.338 e. The second-order valence-corrected chi connectivity index (χ2v) is 4.18. The lowest BCUT2D eigenvalue weighted by Crippen LogP contribution is -2.10. The maximum Gasteiger partial charge on any atom is 0.338 e. The molecule has 0 saturated heterocycles. The van der Waals surface area contributed by atoms with E-state index in [1.165, 1.54) is 6.20 Å². The van der Waals surface area contributed by atoms with Crippen molar-refractivity contribution in [2.45, 2.75) is 11.8 Å². The highest BCUT2D eigenvalue weighted by molar-refractivity contribution is 14.1. The number of rotatable bonds is 3. The van der Waals surface area contributed by atoms with Gasteiger partial charge in [-0.15, -0.1) is 0 Å². The zero-order chi connectivity index (χ0) is 11.6. The molecule has 0 radical (unpaired) electrons. The van der Waals surface area contributed by atoms with E-state index in [1.54, 1.807) is 22.6 Å². The Hall–Kier alpha value is -0.310. The number of hydrogen-bond acceptors (Lipinski definition) is 2. The molecule has 0 atom stereocenters. The van der Waals surface area contributed by atoms with E-state index >= 15 is 0 Å². The average molecular weight is 392 g/mol. The van der Waals surface area contributed by atoms with Gasteiger partial charge in [0.15, 0.2) is 0 Å². The molecule has 0 amide bonds. The van der Waals surface area contributed by atoms with E-state index in [9.17, 15) is 13.6 Å². The van der Waals surface area contributed by atoms with Gasteiger partial charge in [-0.2, -0.15) is 0 Å². The second kappa shape index (κ2) is 5.15. The fourth-order valence-corrected chi connectivity index (χ4v) is 2.21. The summed E-state index contributed by atoms with van der Waals surface area (Å²) in [6.45, 7) is 0. The molecule has 0 aliphatic carbocycles. The SMILES string of the molecule is O=C(O)c1c(I)ncc(CBr)c1C(F)F. The van der Waals surface area contributed by atoms with Crippen LogP contribution in [-0.4, -0.2) is 16.1 Å². The van der Waals surface area contributed by atoms with E-state index in [0.29, 0.717) is 0 Å². The van der Waals surface area contributed by atoms with Gasteiger partial charge >= 0.3 is 5.97 Å². The molecule has 0 spiro atoms. The topological polar surface area (TPSA) is 50.2 Å². The first-order valence-corrected chi connectivity index (χ1v) is 5.93. The Kier molecular flexibility index (Phi) is 4.38. The molecule has 0 unspecified atom stereocenters. The van der Waals surface area contributed by atoms with Crippen LogP contribution in [0.15, 0.2) is 6.20 Å². The molecule has 0 aromatic carbocycles. The van der Waals surface area contributed by atoms with E-state index in [0.717, 1.165) is 0 Å². The lowest BCUT2D eigenvalue weighted by atomic mass is 10.1. The third-order valence-corrected chi connectivity index (χ3v) is 3.15. The molecule has 1 aromatic heterocycles. The Morgan fingerprint density at radius 2 is 2.27 bits per heavy atom. The first kappa shape index (κ1) is 12.8. The van der Waals surface area contributed by atoms with Gasteiger partial charge in [-0.1, -0.05) is 15.9 Å². The number of carboxylic acid groups (broad SMARTS) is 1. The van der Waals surface area contributed by atoms with Crippen molar-refractivity contribution < 1.29 is 18.7 Å². The molecule has 0 saturated carbocycles. The molecule has 0 fully saturated rings. The zero-order valence-corrected chi connectivity index (χ0v) is 10.9. The van der Waals surface area contributed by atoms with Gasteiger partial charge in [0.05, 0.1) is 0 Å². The predicted octanol–water partition coefficient (Wildman–Crippen LogP) is 3.22. The monoisotopic (exact) mass is 391 g/mol. The Morgan fingerprint density at radius 3 is 2.67 bits per heavy atom. The summed E-state index contributed by atoms with van der Waals surface area (Å²) in [5.41, 5.74) is -0.677. The summed E-state index contributed by atoms with van der Waals surface area (Å²) in [5, 5.41) is 8.97. The van der Waals surface area contributed by atoms with Gasteiger partial charge in [-0.05, 0) is 28.2 Å². The molecule has 7 heteroatoms. The molecule has 1 N–H and O–H groups in total. The number of aromatic nitrogens is 1. The molecular weight excluding hydrogens is 387 g/mol. The summed E-state index contributed by atoms with van der Waals surface area (Å²) in [5.74, 6) is -1.38. The van der Waals surface area contributed by atoms with Gasteiger partial charge in [0.2, 0.25) is 0 Å². The minimum atomic E-state index is -2.82. The highest BCUT2D eigenvalue weighted by Crippen LogP contribution is 2.30. The second-order valence-electron chi connectivity index (χ2n) is 2.60. The Labute approximate surface area is 106 Å². The van der Waals surface area contributed by atoms with Crippen LogP contribution < -0.4 is 0 Å². The molecule has 0 bridgehead atoms. The number of carboxylic acids is 1. The number of aromatic carboxylic acids is 1. The van der Waals surface area contributed by atoms with Crippen LogP contribution in [0.3, 0.4) is 0 Å². The van der Waals surface area contributed by atoms with Crippen molar-refractivity contribution >= 4 is 44.5 Å². The van der Waals surface area contributed by atoms with E-state index < -0.39 is 23.5 Å². The molecular formula is C8H5BrF2INO2. The van der Waals surface area contributed by atoms with Crippen molar-refractivity contribution in [1.82, 2.24) is 4.98 Å². The quantitative estimate of drug-likeness (QED) is 0.489. The molecule has 0 aliphatic rings. The van der Waals surface area contributed by atoms with Crippen LogP contribution in [0, 0.1) is 3.70 Å². The number of alkyl halides is 3. The fourth-order valence-electron chi connectivity index (χ4n) is 1.10. The van der Waals surface area contributed by atoms with E-state index in [-0.39, 0.29) is 14.6 Å². The maximum absolute atomic E-state index is 12.7. The third-order valence-electron chi connectivity index (χ3n) is 1.73. The number of carbonyl (C=O) groups is 1. The van der Waals surface area contributed by atoms with Crippen molar-refractivity contribution in [2.24, 2.45) is 0 Å². The third kappa shape index (κ3) is 2.63. The lowest BCUT2D eigenvalue weighted by molar-refractivity contribution is 0.0682. The molecule has 1 heterocycles. The van der Waals surface area contributed by atoms with Crippen molar-refractivity contribution in [3.63, 3.8) is 0 Å². The summed E-state index contributed by atoms with van der Waals surface area (Å²) in [7, 11) is 0. The van der Waals surface area contributed by atoms with Crippen molar-refractivity contribution in [3.8, 4) is 0 Å². The van der Waals surface area contributed by atoms with Crippen molar-refractivity contribution in [3.05, 3.63) is 26.6 Å². The highest BCUT2D eigenvalue weighted by Gasteiger charge is 2.24. The molecule has 1 rings (SSSR count). The number of hydrogen-bond donors (Lipinski definition) is 1. The van der Waals surface area contributed by atoms with Gasteiger partial charge in [-0.3, -0.25) is 0 Å². The van der Waals surface area contributed by atoms with E-state index in [4.69, 9.17) is 5.11 Å². The number of halogens is 4. The van der Waals surface area contributed by atoms with Gasteiger partial charge in [0.25, 0.3) is 6.43 Å². The standard InChI is InChI=1S/C8H5BrF2INO2/c9-1-3-2-13-7(12)5(8(14)15)4(3)6(10)11/h2,6H,1H2,(H,14,15). The molecule has 3 nitrogen and oxygen atoms in total. The van der Waals surface area contributed by atoms with Gasteiger partial charge in [-0.25, -0.2) is 18.6 Å². The maximum atomic E-state index is 12.7. The van der Waals surface area contributed by atoms with Crippen molar-refractivity contribution in [2.75, 3.05) is 0 Å². The normalized spacial score (nSPS) is 10.7. The van der Waals surface area contributed by atoms with E-state index in [2.05, 4.69) is 20.9 Å². The number of pyridine rings is 1. The van der Waals surface area contributed by atoms with Crippen LogP contribution in [0.2, 0.25) is 0 Å². The minimum Gasteiger partial charge on any atom is -0.478 e. The van der Waals surface area contributed by atoms with Gasteiger partial charge in [0.1, 0.15) is 9.26 Å². The van der Waals surface area contributed by atoms with Crippen molar-refractivity contribution in [1.29, 1.82) is 0 Å². The van der Waals surface area contributed by atoms with Crippen LogP contribution >= 0.6 is 38.5 Å². The van der Waals surface area contributed by atoms with Crippen LogP contribution in [-0.2, 0) is 5.33 Å². The minimum absolute atomic E-state index is 0.0695. The molecule has 15 heavy (non-hydrogen) atoms. The zero-order valence-electron chi connectivity index (χ0n) is 7.18. The van der Waals surface area contributed by atoms with Gasteiger partial charge in [0, 0.05) is 17.1 Å². The summed E-state index contributed by atoms with van der Waals surface area (Å²) in [6.07, 6.45) is -1.56. The molecule has 0 aliphatic heterocycles. The van der Waals surface area contributed by atoms with Crippen LogP contribution in [0.25, 0.3) is 0 Å². The number of nitrogens with zero attached hydrogens (tertiary/aromatic N) is 1. The summed E-state index contributed by atoms with van der Waals surface area (Å²) in [6, 6.07) is 0. The van der Waals surface area contributed by atoms with Crippen LogP contribution in [0.1, 0.15) is 27.9 Å². The summed E-state index contributed by atoms with van der Waals surface area (Å²) >= 11 is 4.64. The van der Waals surface area contributed by atoms with Crippen LogP contribution in [0.5, 0.6) is 0 Å². The van der Waals surface area contributed by atoms with Crippen LogP contribution in [0.4, 0.5) is 8.78 Å². The summed E-state index contributed by atoms with van der Waals surface area (Å²) in [4.78, 5) is 14.6. The average Bonchev–Trinajstić information content (AvgIpc) is 2.16. The Morgan fingerprint density at radius 1 is 1.67 bits per heavy atom.